The molecule has 2 aromatic rings. The Morgan fingerprint density at radius 2 is 1.68 bits per heavy atom. The van der Waals surface area contributed by atoms with Crippen molar-refractivity contribution in [2.45, 2.75) is 55.8 Å². The molecule has 0 saturated heterocycles. The van der Waals surface area contributed by atoms with E-state index in [1.165, 1.54) is 55.9 Å². The van der Waals surface area contributed by atoms with Crippen molar-refractivity contribution >= 4 is 21.9 Å². The quantitative estimate of drug-likeness (QED) is 0.679. The van der Waals surface area contributed by atoms with E-state index >= 15 is 0 Å². The first-order valence-electron chi connectivity index (χ1n) is 7.89. The number of rotatable bonds is 2. The second-order valence-electron chi connectivity index (χ2n) is 6.02. The molecule has 0 spiro atoms. The molecule has 0 radical (unpaired) electrons. The summed E-state index contributed by atoms with van der Waals surface area (Å²) in [6.45, 7) is 0. The van der Waals surface area contributed by atoms with Gasteiger partial charge in [0.2, 0.25) is 0 Å². The molecular weight excluding hydrogens is 303 g/mol. The standard InChI is InChI=1S/C18H22O2S.Na.H/c19-21(20)16-12-11-15-9-6-10-17(18(15)13-16)14-7-4-2-1-3-5-8-14;;/h6,9-14H,1-5,7-8H2,(H,19,20);;/q;+1;-1. The van der Waals surface area contributed by atoms with E-state index in [1.807, 2.05) is 12.1 Å². The fourth-order valence-electron chi connectivity index (χ4n) is 3.51. The predicted octanol–water partition coefficient (Wildman–Crippen LogP) is 2.36. The number of hydrogen-bond donors (Lipinski definition) is 1. The first-order valence-corrected chi connectivity index (χ1v) is 9.00. The molecule has 0 heterocycles. The average Bonchev–Trinajstić information content (AvgIpc) is 2.46. The summed E-state index contributed by atoms with van der Waals surface area (Å²) in [7, 11) is 0. The smallest absolute Gasteiger partial charge is 1.00 e. The van der Waals surface area contributed by atoms with Crippen LogP contribution in [0.25, 0.3) is 10.8 Å². The molecule has 114 valence electrons. The van der Waals surface area contributed by atoms with Crippen molar-refractivity contribution in [2.75, 3.05) is 0 Å². The van der Waals surface area contributed by atoms with Crippen LogP contribution in [0.4, 0.5) is 0 Å². The Balaban J connectivity index is 0.00000132. The summed E-state index contributed by atoms with van der Waals surface area (Å²) in [5, 5.41) is 2.33. The van der Waals surface area contributed by atoms with Gasteiger partial charge in [-0.15, -0.1) is 0 Å². The second-order valence-corrected chi connectivity index (χ2v) is 6.99. The van der Waals surface area contributed by atoms with Crippen LogP contribution in [0.1, 0.15) is 57.9 Å². The van der Waals surface area contributed by atoms with Crippen molar-refractivity contribution in [3.63, 3.8) is 0 Å². The van der Waals surface area contributed by atoms with Gasteiger partial charge in [0.15, 0.2) is 11.1 Å². The summed E-state index contributed by atoms with van der Waals surface area (Å²) in [4.78, 5) is 0.501. The van der Waals surface area contributed by atoms with E-state index in [1.54, 1.807) is 6.07 Å². The fraction of sp³-hybridized carbons (Fsp3) is 0.444. The number of benzene rings is 2. The summed E-state index contributed by atoms with van der Waals surface area (Å²) < 4.78 is 20.7. The zero-order chi connectivity index (χ0) is 14.7. The molecule has 1 N–H and O–H groups in total. The average molecular weight is 326 g/mol. The van der Waals surface area contributed by atoms with E-state index in [9.17, 15) is 8.76 Å². The van der Waals surface area contributed by atoms with Crippen LogP contribution in [0.5, 0.6) is 0 Å². The van der Waals surface area contributed by atoms with Crippen LogP contribution in [0.2, 0.25) is 0 Å². The molecule has 2 aromatic carbocycles. The molecule has 1 aliphatic carbocycles. The van der Waals surface area contributed by atoms with Gasteiger partial charge in [-0.1, -0.05) is 56.4 Å². The molecule has 0 aliphatic heterocycles. The Kier molecular flexibility index (Phi) is 7.10. The number of fused-ring (bicyclic) bond motifs is 1. The van der Waals surface area contributed by atoms with Gasteiger partial charge in [-0.25, -0.2) is 4.21 Å². The maximum Gasteiger partial charge on any atom is 1.00 e. The van der Waals surface area contributed by atoms with Crippen LogP contribution in [-0.4, -0.2) is 8.76 Å². The first kappa shape index (κ1) is 18.2. The summed E-state index contributed by atoms with van der Waals surface area (Å²) in [5.74, 6) is 0.594. The Hall–Kier alpha value is -0.190. The Bertz CT molecular complexity index is 655. The summed E-state index contributed by atoms with van der Waals surface area (Å²) in [5.41, 5.74) is 1.36. The third-order valence-electron chi connectivity index (χ3n) is 4.63. The molecule has 0 aromatic heterocycles. The molecule has 2 nitrogen and oxygen atoms in total. The van der Waals surface area contributed by atoms with Crippen LogP contribution >= 0.6 is 0 Å². The van der Waals surface area contributed by atoms with Gasteiger partial charge in [0.25, 0.3) is 0 Å². The van der Waals surface area contributed by atoms with Crippen molar-refractivity contribution in [2.24, 2.45) is 0 Å². The van der Waals surface area contributed by atoms with Crippen LogP contribution in [0, 0.1) is 0 Å². The van der Waals surface area contributed by atoms with Gasteiger partial charge in [0, 0.05) is 0 Å². The summed E-state index contributed by atoms with van der Waals surface area (Å²) in [6.07, 6.45) is 9.13. The van der Waals surface area contributed by atoms with Crippen molar-refractivity contribution in [3.8, 4) is 0 Å². The molecule has 1 saturated carbocycles. The third-order valence-corrected chi connectivity index (χ3v) is 5.29. The van der Waals surface area contributed by atoms with Gasteiger partial charge in [-0.05, 0) is 47.2 Å². The van der Waals surface area contributed by atoms with Gasteiger partial charge in [-0.3, -0.25) is 0 Å². The molecule has 1 fully saturated rings. The van der Waals surface area contributed by atoms with Crippen molar-refractivity contribution in [3.05, 3.63) is 42.0 Å². The van der Waals surface area contributed by atoms with E-state index < -0.39 is 11.1 Å². The molecule has 1 atom stereocenters. The molecule has 1 aliphatic rings. The van der Waals surface area contributed by atoms with Gasteiger partial charge >= 0.3 is 29.6 Å². The van der Waals surface area contributed by atoms with E-state index in [4.69, 9.17) is 0 Å². The normalized spacial score (nSPS) is 18.2. The molecule has 1 unspecified atom stereocenters. The summed E-state index contributed by atoms with van der Waals surface area (Å²) in [6, 6.07) is 12.0. The topological polar surface area (TPSA) is 37.3 Å². The summed E-state index contributed by atoms with van der Waals surface area (Å²) >= 11 is -1.90. The van der Waals surface area contributed by atoms with Gasteiger partial charge in [0.1, 0.15) is 0 Å². The minimum Gasteiger partial charge on any atom is -1.00 e. The predicted molar refractivity (Wildman–Crippen MR) is 89.2 cm³/mol. The third kappa shape index (κ3) is 4.21. The van der Waals surface area contributed by atoms with Crippen LogP contribution < -0.4 is 29.6 Å². The monoisotopic (exact) mass is 326 g/mol. The molecule has 3 rings (SSSR count). The zero-order valence-electron chi connectivity index (χ0n) is 14.3. The largest absolute Gasteiger partial charge is 1.00 e. The fourth-order valence-corrected chi connectivity index (χ4v) is 3.91. The van der Waals surface area contributed by atoms with E-state index in [0.717, 1.165) is 5.39 Å². The van der Waals surface area contributed by atoms with Crippen LogP contribution in [-0.2, 0) is 11.1 Å². The van der Waals surface area contributed by atoms with E-state index in [2.05, 4.69) is 18.2 Å². The Morgan fingerprint density at radius 3 is 2.36 bits per heavy atom. The molecule has 0 amide bonds. The Labute approximate surface area is 158 Å². The van der Waals surface area contributed by atoms with Gasteiger partial charge in [-0.2, -0.15) is 0 Å². The molecule has 22 heavy (non-hydrogen) atoms. The SMILES string of the molecule is O=S(O)c1ccc2cccc(C3CCCCCCC3)c2c1.[H-].[Na+]. The van der Waals surface area contributed by atoms with E-state index in [0.29, 0.717) is 10.8 Å². The van der Waals surface area contributed by atoms with Crippen molar-refractivity contribution in [1.29, 1.82) is 0 Å². The maximum absolute atomic E-state index is 11.3. The molecule has 0 bridgehead atoms. The van der Waals surface area contributed by atoms with Crippen LogP contribution in [0.15, 0.2) is 41.3 Å². The second kappa shape index (κ2) is 8.60. The van der Waals surface area contributed by atoms with Crippen molar-refractivity contribution in [1.82, 2.24) is 0 Å². The molecule has 4 heteroatoms. The Morgan fingerprint density at radius 1 is 1.00 bits per heavy atom. The van der Waals surface area contributed by atoms with Crippen molar-refractivity contribution < 1.29 is 39.7 Å². The molecular formula is C18H23NaO2S. The number of hydrogen-bond acceptors (Lipinski definition) is 1. The maximum atomic E-state index is 11.3. The van der Waals surface area contributed by atoms with Crippen LogP contribution in [0.3, 0.4) is 0 Å². The van der Waals surface area contributed by atoms with Gasteiger partial charge < -0.3 is 5.98 Å². The zero-order valence-corrected chi connectivity index (χ0v) is 16.1. The van der Waals surface area contributed by atoms with Gasteiger partial charge in [0.05, 0.1) is 4.90 Å². The minimum absolute atomic E-state index is 0. The minimum atomic E-state index is -1.90. The van der Waals surface area contributed by atoms with E-state index in [-0.39, 0.29) is 31.0 Å². The first-order chi connectivity index (χ1) is 10.3.